The molecule has 5 rings (SSSR count). The van der Waals surface area contributed by atoms with Crippen molar-refractivity contribution in [3.8, 4) is 51.1 Å². The van der Waals surface area contributed by atoms with Crippen LogP contribution in [-0.4, -0.2) is 47.7 Å². The number of hydrogen-bond donors (Lipinski definition) is 0. The second-order valence-corrected chi connectivity index (χ2v) is 10.9. The minimum absolute atomic E-state index is 0.282. The Bertz CT molecular complexity index is 1640. The fourth-order valence-corrected chi connectivity index (χ4v) is 5.68. The molecule has 0 saturated carbocycles. The van der Waals surface area contributed by atoms with Gasteiger partial charge in [-0.2, -0.15) is 8.42 Å². The highest BCUT2D eigenvalue weighted by Crippen LogP contribution is 2.46. The predicted molar refractivity (Wildman–Crippen MR) is 150 cm³/mol. The third-order valence-electron chi connectivity index (χ3n) is 6.92. The van der Waals surface area contributed by atoms with Crippen LogP contribution in [0.4, 0.5) is 0 Å². The first-order chi connectivity index (χ1) is 18.8. The van der Waals surface area contributed by atoms with E-state index in [1.54, 1.807) is 40.6 Å². The lowest BCUT2D eigenvalue weighted by Crippen LogP contribution is -2.11. The third kappa shape index (κ3) is 5.14. The molecule has 0 atom stereocenters. The number of para-hydroxylation sites is 1. The molecule has 2 heterocycles. The highest BCUT2D eigenvalue weighted by atomic mass is 32.2. The lowest BCUT2D eigenvalue weighted by atomic mass is 9.90. The molecule has 0 radical (unpaired) electrons. The highest BCUT2D eigenvalue weighted by Gasteiger charge is 2.27. The van der Waals surface area contributed by atoms with Gasteiger partial charge < -0.3 is 27.7 Å². The van der Waals surface area contributed by atoms with Crippen molar-refractivity contribution in [2.75, 3.05) is 34.7 Å². The molecule has 0 amide bonds. The van der Waals surface area contributed by atoms with E-state index in [9.17, 15) is 8.42 Å². The molecule has 0 spiro atoms. The summed E-state index contributed by atoms with van der Waals surface area (Å²) < 4.78 is 54.1. The van der Waals surface area contributed by atoms with Gasteiger partial charge in [-0.1, -0.05) is 24.3 Å². The monoisotopic (exact) mass is 549 g/mol. The van der Waals surface area contributed by atoms with Gasteiger partial charge in [0.05, 0.1) is 40.4 Å². The summed E-state index contributed by atoms with van der Waals surface area (Å²) in [7, 11) is 2.75. The van der Waals surface area contributed by atoms with Crippen molar-refractivity contribution in [1.29, 1.82) is 0 Å². The molecule has 0 aliphatic carbocycles. The summed E-state index contributed by atoms with van der Waals surface area (Å²) in [4.78, 5) is 0. The Morgan fingerprint density at radius 2 is 1.41 bits per heavy atom. The second kappa shape index (κ2) is 10.6. The molecule has 9 heteroatoms. The topological polar surface area (TPSA) is 85.2 Å². The largest absolute Gasteiger partial charge is 0.493 e. The Morgan fingerprint density at radius 3 is 2.10 bits per heavy atom. The van der Waals surface area contributed by atoms with E-state index in [4.69, 9.17) is 23.1 Å². The molecule has 4 aromatic rings. The Labute approximate surface area is 228 Å². The number of methoxy groups -OCH3 is 4. The summed E-state index contributed by atoms with van der Waals surface area (Å²) >= 11 is 0. The number of benzene rings is 3. The number of nitrogens with zero attached hydrogens (tertiary/aromatic N) is 1. The standard InChI is InChI=1S/C30H31NO7S/c1-34-26-11-10-19(15-27(26)35-2)14-23-24(21-8-6-7-9-25(21)38-39(5,32)33)18-31-13-12-20-16-28(36-3)29(37-4)17-22(20)30(23)31/h6-11,15-18H,12-14H2,1-5H3. The van der Waals surface area contributed by atoms with Crippen LogP contribution >= 0.6 is 0 Å². The quantitative estimate of drug-likeness (QED) is 0.261. The first kappa shape index (κ1) is 26.5. The van der Waals surface area contributed by atoms with Crippen molar-refractivity contribution in [2.24, 2.45) is 0 Å². The second-order valence-electron chi connectivity index (χ2n) is 9.33. The molecule has 0 N–H and O–H groups in total. The van der Waals surface area contributed by atoms with E-state index in [0.29, 0.717) is 35.0 Å². The normalized spacial score (nSPS) is 12.3. The minimum atomic E-state index is -3.73. The Balaban J connectivity index is 1.75. The Hall–Kier alpha value is -4.11. The number of aromatic nitrogens is 1. The van der Waals surface area contributed by atoms with Gasteiger partial charge in [0, 0.05) is 35.9 Å². The van der Waals surface area contributed by atoms with E-state index >= 15 is 0 Å². The molecule has 0 saturated heterocycles. The summed E-state index contributed by atoms with van der Waals surface area (Å²) in [5, 5.41) is 0. The summed E-state index contributed by atoms with van der Waals surface area (Å²) in [5.74, 6) is 2.89. The van der Waals surface area contributed by atoms with E-state index in [-0.39, 0.29) is 5.75 Å². The molecule has 3 aromatic carbocycles. The summed E-state index contributed by atoms with van der Waals surface area (Å²) in [5.41, 5.74) is 6.86. The average Bonchev–Trinajstić information content (AvgIpc) is 3.29. The fourth-order valence-electron chi connectivity index (χ4n) is 5.21. The molecule has 0 unspecified atom stereocenters. The van der Waals surface area contributed by atoms with Crippen LogP contribution in [0.3, 0.4) is 0 Å². The van der Waals surface area contributed by atoms with Crippen LogP contribution in [0.2, 0.25) is 0 Å². The molecule has 1 aromatic heterocycles. The molecule has 39 heavy (non-hydrogen) atoms. The maximum absolute atomic E-state index is 12.1. The van der Waals surface area contributed by atoms with Crippen molar-refractivity contribution in [1.82, 2.24) is 4.57 Å². The van der Waals surface area contributed by atoms with Gasteiger partial charge in [0.2, 0.25) is 0 Å². The molecule has 0 fully saturated rings. The molecule has 1 aliphatic heterocycles. The van der Waals surface area contributed by atoms with Gasteiger partial charge in [-0.15, -0.1) is 0 Å². The van der Waals surface area contributed by atoms with Crippen LogP contribution in [0.25, 0.3) is 22.4 Å². The van der Waals surface area contributed by atoms with Gasteiger partial charge in [-0.25, -0.2) is 0 Å². The minimum Gasteiger partial charge on any atom is -0.493 e. The average molecular weight is 550 g/mol. The van der Waals surface area contributed by atoms with Gasteiger partial charge in [0.25, 0.3) is 0 Å². The van der Waals surface area contributed by atoms with Crippen molar-refractivity contribution in [3.63, 3.8) is 0 Å². The van der Waals surface area contributed by atoms with Gasteiger partial charge in [0.15, 0.2) is 23.0 Å². The molecular formula is C30H31NO7S. The van der Waals surface area contributed by atoms with E-state index in [1.165, 1.54) is 0 Å². The highest BCUT2D eigenvalue weighted by molar-refractivity contribution is 7.86. The third-order valence-corrected chi connectivity index (χ3v) is 7.40. The first-order valence-corrected chi connectivity index (χ1v) is 14.2. The predicted octanol–water partition coefficient (Wildman–Crippen LogP) is 5.34. The van der Waals surface area contributed by atoms with Gasteiger partial charge in [-0.3, -0.25) is 0 Å². The molecule has 0 bridgehead atoms. The SMILES string of the molecule is COc1ccc(Cc2c(-c3ccccc3OS(C)(=O)=O)cn3c2-c2cc(OC)c(OC)cc2CC3)cc1OC. The zero-order chi connectivity index (χ0) is 27.7. The van der Waals surface area contributed by atoms with E-state index in [1.807, 2.05) is 42.5 Å². The van der Waals surface area contributed by atoms with Crippen LogP contribution in [0.15, 0.2) is 60.8 Å². The lowest BCUT2D eigenvalue weighted by Gasteiger charge is -2.23. The molecule has 1 aliphatic rings. The summed E-state index contributed by atoms with van der Waals surface area (Å²) in [6.45, 7) is 0.756. The van der Waals surface area contributed by atoms with Crippen molar-refractivity contribution in [2.45, 2.75) is 19.4 Å². The summed E-state index contributed by atoms with van der Waals surface area (Å²) in [6.07, 6.45) is 4.50. The number of rotatable bonds is 9. The van der Waals surface area contributed by atoms with Crippen LogP contribution < -0.4 is 23.1 Å². The number of hydrogen-bond acceptors (Lipinski definition) is 7. The zero-order valence-corrected chi connectivity index (χ0v) is 23.4. The Morgan fingerprint density at radius 1 is 0.744 bits per heavy atom. The Kier molecular flexibility index (Phi) is 7.18. The first-order valence-electron chi connectivity index (χ1n) is 12.4. The summed E-state index contributed by atoms with van der Waals surface area (Å²) in [6, 6.07) is 17.1. The van der Waals surface area contributed by atoms with E-state index in [0.717, 1.165) is 52.7 Å². The van der Waals surface area contributed by atoms with Crippen LogP contribution in [0.1, 0.15) is 16.7 Å². The zero-order valence-electron chi connectivity index (χ0n) is 22.6. The van der Waals surface area contributed by atoms with Crippen LogP contribution in [-0.2, 0) is 29.5 Å². The number of aryl methyl sites for hydroxylation is 2. The number of ether oxygens (including phenoxy) is 4. The van der Waals surface area contributed by atoms with E-state index in [2.05, 4.69) is 10.8 Å². The molecular weight excluding hydrogens is 518 g/mol. The lowest BCUT2D eigenvalue weighted by molar-refractivity contribution is 0.354. The molecule has 8 nitrogen and oxygen atoms in total. The number of fused-ring (bicyclic) bond motifs is 3. The van der Waals surface area contributed by atoms with E-state index < -0.39 is 10.1 Å². The van der Waals surface area contributed by atoms with Crippen molar-refractivity contribution >= 4 is 10.1 Å². The van der Waals surface area contributed by atoms with Gasteiger partial charge in [0.1, 0.15) is 5.75 Å². The molecule has 204 valence electrons. The smallest absolute Gasteiger partial charge is 0.306 e. The fraction of sp³-hybridized carbons (Fsp3) is 0.267. The van der Waals surface area contributed by atoms with Crippen LogP contribution in [0, 0.1) is 0 Å². The maximum Gasteiger partial charge on any atom is 0.306 e. The van der Waals surface area contributed by atoms with Gasteiger partial charge in [-0.05, 0) is 53.4 Å². The van der Waals surface area contributed by atoms with Gasteiger partial charge >= 0.3 is 10.1 Å². The van der Waals surface area contributed by atoms with Crippen molar-refractivity contribution < 1.29 is 31.5 Å². The van der Waals surface area contributed by atoms with Crippen molar-refractivity contribution in [3.05, 3.63) is 77.5 Å². The maximum atomic E-state index is 12.1. The van der Waals surface area contributed by atoms with Crippen LogP contribution in [0.5, 0.6) is 28.7 Å².